The van der Waals surface area contributed by atoms with E-state index in [0.717, 1.165) is 6.42 Å². The van der Waals surface area contributed by atoms with E-state index in [0.29, 0.717) is 17.9 Å². The molecule has 0 heterocycles. The lowest BCUT2D eigenvalue weighted by atomic mass is 10.2. The lowest BCUT2D eigenvalue weighted by molar-refractivity contribution is 0.0600. The van der Waals surface area contributed by atoms with Crippen LogP contribution in [-0.2, 0) is 9.47 Å². The van der Waals surface area contributed by atoms with Gasteiger partial charge in [-0.15, -0.1) is 0 Å². The highest BCUT2D eigenvalue weighted by atomic mass is 16.5. The van der Waals surface area contributed by atoms with Crippen molar-refractivity contribution in [1.29, 1.82) is 0 Å². The van der Waals surface area contributed by atoms with Crippen molar-refractivity contribution in [1.82, 2.24) is 0 Å². The Bertz CT molecular complexity index is 403. The first-order chi connectivity index (χ1) is 8.17. The average Bonchev–Trinajstić information content (AvgIpc) is 2.35. The van der Waals surface area contributed by atoms with Gasteiger partial charge in [0, 0.05) is 5.69 Å². The second-order valence-electron chi connectivity index (χ2n) is 3.33. The molecule has 0 aliphatic rings. The Morgan fingerprint density at radius 3 is 2.76 bits per heavy atom. The van der Waals surface area contributed by atoms with E-state index in [2.05, 4.69) is 10.1 Å². The molecule has 1 N–H and O–H groups in total. The van der Waals surface area contributed by atoms with E-state index in [-0.39, 0.29) is 0 Å². The molecule has 0 bridgehead atoms. The molecule has 0 radical (unpaired) electrons. The fourth-order valence-corrected chi connectivity index (χ4v) is 1.19. The molecule has 92 valence electrons. The number of hydrogen-bond donors (Lipinski definition) is 1. The van der Waals surface area contributed by atoms with Gasteiger partial charge in [0.2, 0.25) is 0 Å². The summed E-state index contributed by atoms with van der Waals surface area (Å²) >= 11 is 0. The Labute approximate surface area is 99.7 Å². The topological polar surface area (TPSA) is 64.6 Å². The van der Waals surface area contributed by atoms with Gasteiger partial charge in [0.1, 0.15) is 0 Å². The van der Waals surface area contributed by atoms with Crippen LogP contribution in [0.15, 0.2) is 24.3 Å². The summed E-state index contributed by atoms with van der Waals surface area (Å²) in [6, 6.07) is 6.45. The fourth-order valence-electron chi connectivity index (χ4n) is 1.19. The van der Waals surface area contributed by atoms with E-state index in [9.17, 15) is 9.59 Å². The fraction of sp³-hybridized carbons (Fsp3) is 0.333. The van der Waals surface area contributed by atoms with Crippen LogP contribution in [0.3, 0.4) is 0 Å². The van der Waals surface area contributed by atoms with Crippen LogP contribution in [0.5, 0.6) is 0 Å². The largest absolute Gasteiger partial charge is 0.465 e. The summed E-state index contributed by atoms with van der Waals surface area (Å²) in [5.74, 6) is -0.449. The number of benzene rings is 1. The number of carbonyl (C=O) groups is 2. The third kappa shape index (κ3) is 4.14. The molecular weight excluding hydrogens is 222 g/mol. The van der Waals surface area contributed by atoms with E-state index in [4.69, 9.17) is 4.74 Å². The van der Waals surface area contributed by atoms with Gasteiger partial charge in [-0.25, -0.2) is 9.59 Å². The quantitative estimate of drug-likeness (QED) is 0.817. The van der Waals surface area contributed by atoms with Gasteiger partial charge < -0.3 is 9.47 Å². The summed E-state index contributed by atoms with van der Waals surface area (Å²) in [4.78, 5) is 22.5. The number of hydrogen-bond acceptors (Lipinski definition) is 4. The number of rotatable bonds is 4. The lowest BCUT2D eigenvalue weighted by Crippen LogP contribution is -2.14. The minimum absolute atomic E-state index is 0.364. The van der Waals surface area contributed by atoms with Gasteiger partial charge in [-0.05, 0) is 24.6 Å². The molecule has 1 aromatic rings. The Balaban J connectivity index is 2.65. The highest BCUT2D eigenvalue weighted by Gasteiger charge is 2.07. The van der Waals surface area contributed by atoms with E-state index in [1.807, 2.05) is 6.92 Å². The molecule has 0 fully saturated rings. The monoisotopic (exact) mass is 237 g/mol. The summed E-state index contributed by atoms with van der Waals surface area (Å²) in [6.45, 7) is 2.27. The summed E-state index contributed by atoms with van der Waals surface area (Å²) < 4.78 is 9.43. The zero-order chi connectivity index (χ0) is 12.7. The van der Waals surface area contributed by atoms with Crippen molar-refractivity contribution in [2.24, 2.45) is 0 Å². The van der Waals surface area contributed by atoms with E-state index in [1.165, 1.54) is 13.2 Å². The molecule has 1 rings (SSSR count). The van der Waals surface area contributed by atoms with Crippen molar-refractivity contribution in [3.05, 3.63) is 29.8 Å². The number of methoxy groups -OCH3 is 1. The maximum absolute atomic E-state index is 11.3. The predicted octanol–water partition coefficient (Wildman–Crippen LogP) is 2.43. The number of ether oxygens (including phenoxy) is 2. The second kappa shape index (κ2) is 6.52. The maximum atomic E-state index is 11.3. The number of esters is 1. The van der Waals surface area contributed by atoms with Gasteiger partial charge >= 0.3 is 12.1 Å². The van der Waals surface area contributed by atoms with Crippen molar-refractivity contribution in [3.8, 4) is 0 Å². The van der Waals surface area contributed by atoms with Gasteiger partial charge in [0.15, 0.2) is 0 Å². The summed E-state index contributed by atoms with van der Waals surface area (Å²) in [5, 5.41) is 2.53. The molecule has 1 aromatic carbocycles. The molecule has 5 heteroatoms. The zero-order valence-corrected chi connectivity index (χ0v) is 9.86. The molecule has 0 aromatic heterocycles. The summed E-state index contributed by atoms with van der Waals surface area (Å²) in [6.07, 6.45) is 0.226. The van der Waals surface area contributed by atoms with Gasteiger partial charge in [-0.3, -0.25) is 5.32 Å². The van der Waals surface area contributed by atoms with Crippen LogP contribution in [0.4, 0.5) is 10.5 Å². The first kappa shape index (κ1) is 13.0. The van der Waals surface area contributed by atoms with E-state index >= 15 is 0 Å². The number of anilines is 1. The van der Waals surface area contributed by atoms with Crippen molar-refractivity contribution in [3.63, 3.8) is 0 Å². The number of nitrogens with one attached hydrogen (secondary N) is 1. The third-order valence-corrected chi connectivity index (χ3v) is 1.97. The SMILES string of the molecule is CCCOC(=O)Nc1cccc(C(=O)OC)c1. The molecule has 0 aliphatic heterocycles. The molecule has 0 saturated heterocycles. The number of carbonyl (C=O) groups excluding carboxylic acids is 2. The summed E-state index contributed by atoms with van der Waals surface area (Å²) in [5.41, 5.74) is 0.870. The van der Waals surface area contributed by atoms with Crippen molar-refractivity contribution >= 4 is 17.7 Å². The highest BCUT2D eigenvalue weighted by Crippen LogP contribution is 2.11. The molecule has 17 heavy (non-hydrogen) atoms. The summed E-state index contributed by atoms with van der Waals surface area (Å²) in [7, 11) is 1.30. The van der Waals surface area contributed by atoms with Crippen LogP contribution < -0.4 is 5.32 Å². The maximum Gasteiger partial charge on any atom is 0.411 e. The smallest absolute Gasteiger partial charge is 0.411 e. The molecule has 1 amide bonds. The Morgan fingerprint density at radius 1 is 1.35 bits per heavy atom. The first-order valence-electron chi connectivity index (χ1n) is 5.29. The van der Waals surface area contributed by atoms with Crippen LogP contribution in [0, 0.1) is 0 Å². The minimum Gasteiger partial charge on any atom is -0.465 e. The molecule has 0 aliphatic carbocycles. The normalized spacial score (nSPS) is 9.53. The highest BCUT2D eigenvalue weighted by molar-refractivity contribution is 5.92. The molecule has 5 nitrogen and oxygen atoms in total. The standard InChI is InChI=1S/C12H15NO4/c1-3-7-17-12(15)13-10-6-4-5-9(8-10)11(14)16-2/h4-6,8H,3,7H2,1-2H3,(H,13,15). The minimum atomic E-state index is -0.533. The van der Waals surface area contributed by atoms with E-state index in [1.54, 1.807) is 18.2 Å². The first-order valence-corrected chi connectivity index (χ1v) is 5.29. The van der Waals surface area contributed by atoms with E-state index < -0.39 is 12.1 Å². The lowest BCUT2D eigenvalue weighted by Gasteiger charge is -2.07. The average molecular weight is 237 g/mol. The van der Waals surface area contributed by atoms with Crippen LogP contribution >= 0.6 is 0 Å². The van der Waals surface area contributed by atoms with Gasteiger partial charge in [0.05, 0.1) is 19.3 Å². The molecule has 0 spiro atoms. The third-order valence-electron chi connectivity index (χ3n) is 1.97. The number of amides is 1. The molecular formula is C12H15NO4. The van der Waals surface area contributed by atoms with Gasteiger partial charge in [-0.2, -0.15) is 0 Å². The van der Waals surface area contributed by atoms with Crippen LogP contribution in [-0.4, -0.2) is 25.8 Å². The zero-order valence-electron chi connectivity index (χ0n) is 9.86. The molecule has 0 atom stereocenters. The Kier molecular flexibility index (Phi) is 5.00. The van der Waals surface area contributed by atoms with Crippen molar-refractivity contribution in [2.75, 3.05) is 19.0 Å². The van der Waals surface area contributed by atoms with Crippen LogP contribution in [0.2, 0.25) is 0 Å². The molecule has 0 saturated carbocycles. The second-order valence-corrected chi connectivity index (χ2v) is 3.33. The van der Waals surface area contributed by atoms with Gasteiger partial charge in [0.25, 0.3) is 0 Å². The molecule has 0 unspecified atom stereocenters. The van der Waals surface area contributed by atoms with Gasteiger partial charge in [-0.1, -0.05) is 13.0 Å². The van der Waals surface area contributed by atoms with Crippen molar-refractivity contribution in [2.45, 2.75) is 13.3 Å². The van der Waals surface area contributed by atoms with Crippen LogP contribution in [0.25, 0.3) is 0 Å². The van der Waals surface area contributed by atoms with Crippen molar-refractivity contribution < 1.29 is 19.1 Å². The Hall–Kier alpha value is -2.04. The van der Waals surface area contributed by atoms with Crippen LogP contribution in [0.1, 0.15) is 23.7 Å². The Morgan fingerprint density at radius 2 is 2.12 bits per heavy atom. The predicted molar refractivity (Wildman–Crippen MR) is 63.0 cm³/mol.